The van der Waals surface area contributed by atoms with Gasteiger partial charge in [0.2, 0.25) is 11.8 Å². The topological polar surface area (TPSA) is 125 Å². The summed E-state index contributed by atoms with van der Waals surface area (Å²) in [5, 5.41) is 7.03. The summed E-state index contributed by atoms with van der Waals surface area (Å²) in [4.78, 5) is 40.4. The zero-order chi connectivity index (χ0) is 29.4. The predicted molar refractivity (Wildman–Crippen MR) is 160 cm³/mol. The largest absolute Gasteiger partial charge is 0.343 e. The van der Waals surface area contributed by atoms with Crippen molar-refractivity contribution in [2.75, 3.05) is 23.7 Å². The molecule has 4 aromatic carbocycles. The molecule has 0 aliphatic carbocycles. The van der Waals surface area contributed by atoms with E-state index >= 15 is 0 Å². The number of rotatable bonds is 10. The van der Waals surface area contributed by atoms with Gasteiger partial charge in [0.05, 0.1) is 4.90 Å². The fourth-order valence-electron chi connectivity index (χ4n) is 4.42. The van der Waals surface area contributed by atoms with Gasteiger partial charge < -0.3 is 15.5 Å². The zero-order valence-corrected chi connectivity index (χ0v) is 23.6. The maximum atomic E-state index is 13.4. The molecule has 9 nitrogen and oxygen atoms in total. The number of benzene rings is 4. The van der Waals surface area contributed by atoms with Crippen molar-refractivity contribution in [3.05, 3.63) is 103 Å². The molecule has 0 bridgehead atoms. The van der Waals surface area contributed by atoms with E-state index in [1.54, 1.807) is 68.4 Å². The highest BCUT2D eigenvalue weighted by atomic mass is 32.2. The molecule has 10 heteroatoms. The third-order valence-corrected chi connectivity index (χ3v) is 7.98. The van der Waals surface area contributed by atoms with Crippen LogP contribution < -0.4 is 15.4 Å². The van der Waals surface area contributed by atoms with Crippen LogP contribution in [0.4, 0.5) is 16.2 Å². The minimum Gasteiger partial charge on any atom is -0.343 e. The van der Waals surface area contributed by atoms with Crippen molar-refractivity contribution in [3.8, 4) is 0 Å². The molecule has 0 aliphatic rings. The smallest absolute Gasteiger partial charge is 0.323 e. The Balaban J connectivity index is 1.50. The molecule has 1 unspecified atom stereocenters. The van der Waals surface area contributed by atoms with Crippen LogP contribution in [0, 0.1) is 5.92 Å². The molecule has 4 aromatic rings. The molecule has 1 atom stereocenters. The summed E-state index contributed by atoms with van der Waals surface area (Å²) in [6.45, 7) is 4.33. The quantitative estimate of drug-likeness (QED) is 0.230. The Labute approximate surface area is 239 Å². The number of para-hydroxylation sites is 1. The highest BCUT2D eigenvalue weighted by Crippen LogP contribution is 2.21. The first-order chi connectivity index (χ1) is 19.7. The number of anilines is 2. The third kappa shape index (κ3) is 7.49. The van der Waals surface area contributed by atoms with Crippen LogP contribution in [0.15, 0.2) is 102 Å². The number of carbonyl (C=O) groups is 3. The lowest BCUT2D eigenvalue weighted by molar-refractivity contribution is -0.141. The maximum absolute atomic E-state index is 13.4. The second kappa shape index (κ2) is 13.1. The Morgan fingerprint density at radius 3 is 1.95 bits per heavy atom. The van der Waals surface area contributed by atoms with Gasteiger partial charge in [-0.2, -0.15) is 0 Å². The first-order valence-electron chi connectivity index (χ1n) is 13.3. The van der Waals surface area contributed by atoms with E-state index in [0.717, 1.165) is 5.39 Å². The fraction of sp³-hybridized carbons (Fsp3) is 0.194. The Morgan fingerprint density at radius 2 is 1.32 bits per heavy atom. The van der Waals surface area contributed by atoms with Gasteiger partial charge in [0.1, 0.15) is 5.92 Å². The summed E-state index contributed by atoms with van der Waals surface area (Å²) in [6, 6.07) is 27.1. The molecule has 0 radical (unpaired) electrons. The SMILES string of the molecule is CCN(CC)C(=O)C(Cc1ccc(NC(=O)Nc2ccccc2)cc1)C(=O)NS(=O)(=O)c1ccc2ccccc2c1. The molecule has 0 fully saturated rings. The number of hydrogen-bond acceptors (Lipinski definition) is 5. The predicted octanol–water partition coefficient (Wildman–Crippen LogP) is 5.02. The molecule has 0 saturated carbocycles. The van der Waals surface area contributed by atoms with E-state index in [0.29, 0.717) is 35.4 Å². The van der Waals surface area contributed by atoms with Crippen LogP contribution in [0.3, 0.4) is 0 Å². The number of hydrogen-bond donors (Lipinski definition) is 3. The average molecular weight is 573 g/mol. The van der Waals surface area contributed by atoms with Crippen LogP contribution in [-0.2, 0) is 26.0 Å². The second-order valence-electron chi connectivity index (χ2n) is 9.39. The molecule has 0 heterocycles. The van der Waals surface area contributed by atoms with E-state index in [9.17, 15) is 22.8 Å². The van der Waals surface area contributed by atoms with Gasteiger partial charge in [-0.25, -0.2) is 17.9 Å². The number of amides is 4. The molecular formula is C31H32N4O5S. The molecule has 0 spiro atoms. The normalized spacial score (nSPS) is 11.9. The van der Waals surface area contributed by atoms with Crippen molar-refractivity contribution < 1.29 is 22.8 Å². The van der Waals surface area contributed by atoms with E-state index in [2.05, 4.69) is 15.4 Å². The minimum atomic E-state index is -4.23. The Kier molecular flexibility index (Phi) is 9.36. The van der Waals surface area contributed by atoms with E-state index in [1.807, 2.05) is 30.3 Å². The van der Waals surface area contributed by atoms with Crippen molar-refractivity contribution in [1.82, 2.24) is 9.62 Å². The van der Waals surface area contributed by atoms with Crippen LogP contribution >= 0.6 is 0 Å². The van der Waals surface area contributed by atoms with Gasteiger partial charge in [0, 0.05) is 24.5 Å². The van der Waals surface area contributed by atoms with Crippen LogP contribution in [0.25, 0.3) is 10.8 Å². The number of urea groups is 1. The van der Waals surface area contributed by atoms with Gasteiger partial charge in [0.15, 0.2) is 0 Å². The Morgan fingerprint density at radius 1 is 0.732 bits per heavy atom. The number of nitrogens with zero attached hydrogens (tertiary/aromatic N) is 1. The molecule has 0 saturated heterocycles. The average Bonchev–Trinajstić information content (AvgIpc) is 2.97. The Bertz CT molecular complexity index is 1640. The Hall–Kier alpha value is -4.70. The van der Waals surface area contributed by atoms with Gasteiger partial charge in [-0.1, -0.05) is 60.7 Å². The van der Waals surface area contributed by atoms with Crippen LogP contribution in [0.2, 0.25) is 0 Å². The van der Waals surface area contributed by atoms with E-state index in [4.69, 9.17) is 0 Å². The van der Waals surface area contributed by atoms with Crippen molar-refractivity contribution in [2.45, 2.75) is 25.2 Å². The standard InChI is InChI=1S/C31H32N4O5S/c1-3-35(4-2)30(37)28(29(36)34-41(39,40)27-19-16-23-10-8-9-11-24(23)21-27)20-22-14-17-26(18-15-22)33-31(38)32-25-12-6-5-7-13-25/h5-19,21,28H,3-4,20H2,1-2H3,(H,34,36)(H2,32,33,38). The van der Waals surface area contributed by atoms with Crippen LogP contribution in [-0.4, -0.2) is 44.3 Å². The first-order valence-corrected chi connectivity index (χ1v) is 14.7. The fourth-order valence-corrected chi connectivity index (χ4v) is 5.47. The monoisotopic (exact) mass is 572 g/mol. The lowest BCUT2D eigenvalue weighted by Crippen LogP contribution is -2.46. The van der Waals surface area contributed by atoms with Crippen molar-refractivity contribution in [3.63, 3.8) is 0 Å². The molecule has 41 heavy (non-hydrogen) atoms. The number of nitrogens with one attached hydrogen (secondary N) is 3. The number of fused-ring (bicyclic) bond motifs is 1. The van der Waals surface area contributed by atoms with Crippen molar-refractivity contribution >= 4 is 50.0 Å². The molecule has 0 aromatic heterocycles. The van der Waals surface area contributed by atoms with E-state index in [-0.39, 0.29) is 11.3 Å². The summed E-state index contributed by atoms with van der Waals surface area (Å²) in [7, 11) is -4.23. The molecule has 4 amide bonds. The van der Waals surface area contributed by atoms with Gasteiger partial charge >= 0.3 is 6.03 Å². The first kappa shape index (κ1) is 29.3. The van der Waals surface area contributed by atoms with Gasteiger partial charge in [-0.15, -0.1) is 0 Å². The van der Waals surface area contributed by atoms with Crippen LogP contribution in [0.1, 0.15) is 19.4 Å². The maximum Gasteiger partial charge on any atom is 0.323 e. The summed E-state index contributed by atoms with van der Waals surface area (Å²) in [5.74, 6) is -2.64. The number of carbonyl (C=O) groups excluding carboxylic acids is 3. The minimum absolute atomic E-state index is 0.0229. The van der Waals surface area contributed by atoms with Gasteiger partial charge in [0.25, 0.3) is 10.0 Å². The van der Waals surface area contributed by atoms with Crippen LogP contribution in [0.5, 0.6) is 0 Å². The van der Waals surface area contributed by atoms with E-state index in [1.165, 1.54) is 17.0 Å². The molecular weight excluding hydrogens is 540 g/mol. The summed E-state index contributed by atoms with van der Waals surface area (Å²) < 4.78 is 28.4. The van der Waals surface area contributed by atoms with Gasteiger partial charge in [-0.3, -0.25) is 9.59 Å². The molecule has 212 valence electrons. The summed E-state index contributed by atoms with van der Waals surface area (Å²) in [5.41, 5.74) is 1.78. The summed E-state index contributed by atoms with van der Waals surface area (Å²) in [6.07, 6.45) is -0.0229. The molecule has 0 aliphatic heterocycles. The van der Waals surface area contributed by atoms with Gasteiger partial charge in [-0.05, 0) is 73.0 Å². The second-order valence-corrected chi connectivity index (χ2v) is 11.1. The zero-order valence-electron chi connectivity index (χ0n) is 22.8. The highest BCUT2D eigenvalue weighted by molar-refractivity contribution is 7.90. The van der Waals surface area contributed by atoms with Crippen molar-refractivity contribution in [2.24, 2.45) is 5.92 Å². The third-order valence-electron chi connectivity index (χ3n) is 6.64. The highest BCUT2D eigenvalue weighted by Gasteiger charge is 2.33. The lowest BCUT2D eigenvalue weighted by atomic mass is 9.97. The van der Waals surface area contributed by atoms with Crippen molar-refractivity contribution in [1.29, 1.82) is 0 Å². The lowest BCUT2D eigenvalue weighted by Gasteiger charge is -2.25. The molecule has 3 N–H and O–H groups in total. The molecule has 4 rings (SSSR count). The van der Waals surface area contributed by atoms with E-state index < -0.39 is 33.8 Å². The summed E-state index contributed by atoms with van der Waals surface area (Å²) >= 11 is 0. The number of sulfonamides is 1.